The van der Waals surface area contributed by atoms with Crippen LogP contribution in [-0.2, 0) is 4.74 Å². The second-order valence-corrected chi connectivity index (χ2v) is 9.43. The molecule has 3 unspecified atom stereocenters. The fraction of sp³-hybridized carbons (Fsp3) is 0.286. The maximum absolute atomic E-state index is 13.6. The highest BCUT2D eigenvalue weighted by atomic mass is 79.9. The smallest absolute Gasteiger partial charge is 0.194 e. The molecule has 0 radical (unpaired) electrons. The molecule has 0 amide bonds. The number of aromatic nitrogens is 3. The third-order valence-corrected chi connectivity index (χ3v) is 7.06. The summed E-state index contributed by atoms with van der Waals surface area (Å²) in [6, 6.07) is 7.29. The van der Waals surface area contributed by atoms with Crippen molar-refractivity contribution in [2.75, 3.05) is 6.61 Å². The minimum absolute atomic E-state index is 0.0236. The number of aliphatic hydroxyl groups excluding tert-OH is 3. The van der Waals surface area contributed by atoms with Crippen molar-refractivity contribution in [1.29, 1.82) is 5.26 Å². The third kappa shape index (κ3) is 4.70. The second-order valence-electron chi connectivity index (χ2n) is 7.41. The van der Waals surface area contributed by atoms with E-state index in [4.69, 9.17) is 10.00 Å². The number of nitriles is 1. The van der Waals surface area contributed by atoms with Crippen molar-refractivity contribution in [1.82, 2.24) is 15.0 Å². The van der Waals surface area contributed by atoms with E-state index >= 15 is 0 Å². The van der Waals surface area contributed by atoms with Gasteiger partial charge in [0.25, 0.3) is 0 Å². The molecule has 178 valence electrons. The van der Waals surface area contributed by atoms with Crippen molar-refractivity contribution < 1.29 is 33.2 Å². The van der Waals surface area contributed by atoms with Crippen molar-refractivity contribution in [3.63, 3.8) is 0 Å². The largest absolute Gasteiger partial charge is 0.394 e. The Labute approximate surface area is 203 Å². The molecule has 1 aromatic heterocycles. The first-order valence-corrected chi connectivity index (χ1v) is 11.5. The van der Waals surface area contributed by atoms with Gasteiger partial charge in [0.15, 0.2) is 17.5 Å². The van der Waals surface area contributed by atoms with E-state index in [1.54, 1.807) is 18.2 Å². The molecule has 3 N–H and O–H groups in total. The summed E-state index contributed by atoms with van der Waals surface area (Å²) in [5.41, 5.74) is -0.659. The monoisotopic (exact) mass is 556 g/mol. The lowest BCUT2D eigenvalue weighted by Gasteiger charge is -2.41. The Kier molecular flexibility index (Phi) is 7.27. The summed E-state index contributed by atoms with van der Waals surface area (Å²) < 4.78 is 47.9. The summed E-state index contributed by atoms with van der Waals surface area (Å²) in [5.74, 6) is -4.42. The topological polar surface area (TPSA) is 124 Å². The van der Waals surface area contributed by atoms with E-state index in [0.29, 0.717) is 14.9 Å². The number of hydrogen-bond donors (Lipinski definition) is 3. The maximum atomic E-state index is 13.6. The van der Waals surface area contributed by atoms with Gasteiger partial charge in [-0.15, -0.1) is 5.10 Å². The van der Waals surface area contributed by atoms with Crippen molar-refractivity contribution in [2.24, 2.45) is 0 Å². The van der Waals surface area contributed by atoms with Crippen LogP contribution >= 0.6 is 27.7 Å². The molecule has 3 aromatic rings. The van der Waals surface area contributed by atoms with Crippen LogP contribution in [0.5, 0.6) is 0 Å². The minimum atomic E-state index is -1.62. The van der Waals surface area contributed by atoms with Gasteiger partial charge in [-0.2, -0.15) is 5.26 Å². The number of ether oxygens (including phenoxy) is 1. The van der Waals surface area contributed by atoms with Crippen molar-refractivity contribution in [3.8, 4) is 17.3 Å². The van der Waals surface area contributed by atoms with Crippen LogP contribution in [0.4, 0.5) is 13.2 Å². The molecule has 34 heavy (non-hydrogen) atoms. The van der Waals surface area contributed by atoms with E-state index in [9.17, 15) is 28.5 Å². The molecule has 1 aliphatic heterocycles. The number of hydrogen-bond acceptors (Lipinski definition) is 8. The van der Waals surface area contributed by atoms with Gasteiger partial charge in [0, 0.05) is 14.9 Å². The molecular formula is C21H16BrF3N4O4S. The van der Waals surface area contributed by atoms with Crippen LogP contribution in [0.1, 0.15) is 11.6 Å². The highest BCUT2D eigenvalue weighted by Crippen LogP contribution is 2.39. The second kappa shape index (κ2) is 10.0. The Balaban J connectivity index is 1.63. The minimum Gasteiger partial charge on any atom is -0.394 e. The summed E-state index contributed by atoms with van der Waals surface area (Å²) in [6.45, 7) is -0.561. The number of thioether (sulfide) groups is 1. The average molecular weight is 557 g/mol. The van der Waals surface area contributed by atoms with E-state index in [-0.39, 0.29) is 11.3 Å². The summed E-state index contributed by atoms with van der Waals surface area (Å²) >= 11 is 4.39. The van der Waals surface area contributed by atoms with Gasteiger partial charge in [-0.3, -0.25) is 0 Å². The SMILES string of the molecule is N#Cc1ccc(S[C@H]2OC(CO)[C@H](O)C(n3cc(-c4cc(F)c(F)c(F)c4)nn3)C2O)cc1Br. The summed E-state index contributed by atoms with van der Waals surface area (Å²) in [4.78, 5) is 0.637. The molecule has 0 saturated carbocycles. The van der Waals surface area contributed by atoms with E-state index in [0.717, 1.165) is 28.6 Å². The lowest BCUT2D eigenvalue weighted by molar-refractivity contribution is -0.178. The van der Waals surface area contributed by atoms with Gasteiger partial charge < -0.3 is 20.1 Å². The van der Waals surface area contributed by atoms with Gasteiger partial charge in [-0.1, -0.05) is 17.0 Å². The van der Waals surface area contributed by atoms with Crippen molar-refractivity contribution in [2.45, 2.75) is 34.7 Å². The summed E-state index contributed by atoms with van der Waals surface area (Å²) in [7, 11) is 0. The van der Waals surface area contributed by atoms with Crippen molar-refractivity contribution in [3.05, 3.63) is 64.0 Å². The predicted molar refractivity (Wildman–Crippen MR) is 117 cm³/mol. The standard InChI is InChI=1S/C21H16BrF3N4O4S/c22-12-5-11(2-1-9(12)6-26)34-21-20(32)18(19(31)16(8-30)33-21)29-7-15(27-28-29)10-3-13(23)17(25)14(24)4-10/h1-5,7,16,18-21,30-32H,8H2/t16?,18?,19-,20?,21+/m0/s1. The summed E-state index contributed by atoms with van der Waals surface area (Å²) in [5, 5.41) is 48.1. The molecule has 0 aliphatic carbocycles. The average Bonchev–Trinajstić information content (AvgIpc) is 3.29. The molecule has 8 nitrogen and oxygen atoms in total. The number of aliphatic hydroxyl groups is 3. The van der Waals surface area contributed by atoms with Gasteiger partial charge in [-0.05, 0) is 46.3 Å². The lowest BCUT2D eigenvalue weighted by Crippen LogP contribution is -2.55. The van der Waals surface area contributed by atoms with Crippen LogP contribution in [0.25, 0.3) is 11.3 Å². The Bertz CT molecular complexity index is 1230. The number of halogens is 4. The molecule has 5 atom stereocenters. The molecular weight excluding hydrogens is 541 g/mol. The first-order chi connectivity index (χ1) is 16.2. The molecule has 13 heteroatoms. The zero-order valence-electron chi connectivity index (χ0n) is 17.0. The molecule has 2 heterocycles. The Hall–Kier alpha value is -2.47. The third-order valence-electron chi connectivity index (χ3n) is 5.26. The Morgan fingerprint density at radius 3 is 2.47 bits per heavy atom. The molecule has 4 rings (SSSR count). The first kappa shape index (κ1) is 24.6. The van der Waals surface area contributed by atoms with Crippen LogP contribution in [0, 0.1) is 28.8 Å². The highest BCUT2D eigenvalue weighted by molar-refractivity contribution is 9.10. The number of nitrogens with zero attached hydrogens (tertiary/aromatic N) is 4. The fourth-order valence-corrected chi connectivity index (χ4v) is 5.25. The molecule has 0 spiro atoms. The zero-order valence-corrected chi connectivity index (χ0v) is 19.4. The molecule has 2 aromatic carbocycles. The van der Waals surface area contributed by atoms with Crippen molar-refractivity contribution >= 4 is 27.7 Å². The molecule has 1 fully saturated rings. The molecule has 0 bridgehead atoms. The van der Waals surface area contributed by atoms with Crippen LogP contribution in [0.3, 0.4) is 0 Å². The maximum Gasteiger partial charge on any atom is 0.194 e. The Morgan fingerprint density at radius 1 is 1.15 bits per heavy atom. The predicted octanol–water partition coefficient (Wildman–Crippen LogP) is 2.77. The molecule has 1 saturated heterocycles. The zero-order chi connectivity index (χ0) is 24.6. The highest BCUT2D eigenvalue weighted by Gasteiger charge is 2.46. The van der Waals surface area contributed by atoms with Gasteiger partial charge in [-0.25, -0.2) is 17.9 Å². The fourth-order valence-electron chi connectivity index (χ4n) is 3.53. The van der Waals surface area contributed by atoms with Gasteiger partial charge in [0.05, 0.1) is 18.4 Å². The van der Waals surface area contributed by atoms with Crippen LogP contribution in [-0.4, -0.2) is 60.7 Å². The Morgan fingerprint density at radius 2 is 1.85 bits per heavy atom. The normalized spacial score (nSPS) is 24.7. The van der Waals surface area contributed by atoms with E-state index < -0.39 is 53.8 Å². The van der Waals surface area contributed by atoms with E-state index in [1.165, 1.54) is 6.20 Å². The number of rotatable bonds is 5. The van der Waals surface area contributed by atoms with Gasteiger partial charge in [0.1, 0.15) is 41.6 Å². The first-order valence-electron chi connectivity index (χ1n) is 9.79. The van der Waals surface area contributed by atoms with Gasteiger partial charge in [0.2, 0.25) is 0 Å². The summed E-state index contributed by atoms with van der Waals surface area (Å²) in [6.07, 6.45) is -2.60. The quantitative estimate of drug-likeness (QED) is 0.410. The van der Waals surface area contributed by atoms with E-state index in [2.05, 4.69) is 26.2 Å². The van der Waals surface area contributed by atoms with Crippen LogP contribution in [0.2, 0.25) is 0 Å². The molecule has 1 aliphatic rings. The number of benzene rings is 2. The van der Waals surface area contributed by atoms with Crippen LogP contribution < -0.4 is 0 Å². The van der Waals surface area contributed by atoms with Gasteiger partial charge >= 0.3 is 0 Å². The van der Waals surface area contributed by atoms with Crippen LogP contribution in [0.15, 0.2) is 45.9 Å². The van der Waals surface area contributed by atoms with E-state index in [1.807, 2.05) is 6.07 Å². The lowest BCUT2D eigenvalue weighted by atomic mass is 9.97.